The zero-order chi connectivity index (χ0) is 6.85. The van der Waals surface area contributed by atoms with E-state index < -0.39 is 12.4 Å². The highest BCUT2D eigenvalue weighted by atomic mass is 16.6. The van der Waals surface area contributed by atoms with E-state index in [1.165, 1.54) is 0 Å². The van der Waals surface area contributed by atoms with Crippen LogP contribution in [0.15, 0.2) is 0 Å². The van der Waals surface area contributed by atoms with E-state index in [0.717, 1.165) is 6.42 Å². The summed E-state index contributed by atoms with van der Waals surface area (Å²) in [6.45, 7) is 1.67. The molecule has 2 unspecified atom stereocenters. The Morgan fingerprint density at radius 1 is 1.56 bits per heavy atom. The van der Waals surface area contributed by atoms with Crippen molar-refractivity contribution in [2.24, 2.45) is 0 Å². The third-order valence-electron chi connectivity index (χ3n) is 1.57. The average Bonchev–Trinajstić information content (AvgIpc) is 2.14. The summed E-state index contributed by atoms with van der Waals surface area (Å²) in [4.78, 5) is 0. The van der Waals surface area contributed by atoms with Gasteiger partial charge in [0.2, 0.25) is 0 Å². The predicted octanol–water partition coefficient (Wildman–Crippen LogP) is -0.135. The van der Waals surface area contributed by atoms with Crippen molar-refractivity contribution >= 4 is 0 Å². The smallest absolute Gasteiger partial charge is 0.155 e. The van der Waals surface area contributed by atoms with Crippen LogP contribution in [0.25, 0.3) is 0 Å². The van der Waals surface area contributed by atoms with E-state index in [2.05, 4.69) is 0 Å². The van der Waals surface area contributed by atoms with E-state index in [9.17, 15) is 0 Å². The van der Waals surface area contributed by atoms with Crippen LogP contribution in [0.2, 0.25) is 0 Å². The molecule has 0 spiro atoms. The Kier molecular flexibility index (Phi) is 2.05. The highest BCUT2D eigenvalue weighted by molar-refractivity contribution is 4.71. The molecule has 0 radical (unpaired) electrons. The first-order valence-corrected chi connectivity index (χ1v) is 3.21. The van der Waals surface area contributed by atoms with E-state index in [1.807, 2.05) is 0 Å². The molecule has 2 N–H and O–H groups in total. The van der Waals surface area contributed by atoms with Gasteiger partial charge in [-0.2, -0.15) is 0 Å². The standard InChI is InChI=1S/C6H12O3/c1-4(7)5-2-3-6(8)9-5/h4-8H,2-3H2,1H3/t4-,5?,6?/m0/s1. The number of ether oxygens (including phenoxy) is 1. The summed E-state index contributed by atoms with van der Waals surface area (Å²) in [5.41, 5.74) is 0. The molecule has 54 valence electrons. The minimum atomic E-state index is -0.649. The Morgan fingerprint density at radius 2 is 2.22 bits per heavy atom. The van der Waals surface area contributed by atoms with Gasteiger partial charge in [-0.05, 0) is 13.3 Å². The van der Waals surface area contributed by atoms with E-state index in [0.29, 0.717) is 6.42 Å². The quantitative estimate of drug-likeness (QED) is 0.522. The lowest BCUT2D eigenvalue weighted by Crippen LogP contribution is -2.22. The molecule has 3 nitrogen and oxygen atoms in total. The maximum absolute atomic E-state index is 8.93. The van der Waals surface area contributed by atoms with Crippen LogP contribution >= 0.6 is 0 Å². The van der Waals surface area contributed by atoms with Crippen molar-refractivity contribution in [1.82, 2.24) is 0 Å². The van der Waals surface area contributed by atoms with Gasteiger partial charge in [-0.1, -0.05) is 0 Å². The van der Waals surface area contributed by atoms with Gasteiger partial charge in [0.1, 0.15) is 0 Å². The fourth-order valence-corrected chi connectivity index (χ4v) is 1.000. The van der Waals surface area contributed by atoms with Gasteiger partial charge in [0.15, 0.2) is 6.29 Å². The monoisotopic (exact) mass is 132 g/mol. The summed E-state index contributed by atoms with van der Waals surface area (Å²) in [7, 11) is 0. The fraction of sp³-hybridized carbons (Fsp3) is 1.00. The lowest BCUT2D eigenvalue weighted by Gasteiger charge is -2.12. The van der Waals surface area contributed by atoms with Crippen LogP contribution in [0.3, 0.4) is 0 Å². The first-order valence-electron chi connectivity index (χ1n) is 3.21. The molecule has 1 saturated heterocycles. The number of rotatable bonds is 1. The van der Waals surface area contributed by atoms with Crippen LogP contribution in [0.1, 0.15) is 19.8 Å². The summed E-state index contributed by atoms with van der Waals surface area (Å²) in [6, 6.07) is 0. The Balaban J connectivity index is 2.30. The highest BCUT2D eigenvalue weighted by Crippen LogP contribution is 2.19. The van der Waals surface area contributed by atoms with E-state index in [1.54, 1.807) is 6.92 Å². The van der Waals surface area contributed by atoms with Gasteiger partial charge in [-0.25, -0.2) is 0 Å². The van der Waals surface area contributed by atoms with Gasteiger partial charge in [0.25, 0.3) is 0 Å². The summed E-state index contributed by atoms with van der Waals surface area (Å²) in [5, 5.41) is 17.7. The third kappa shape index (κ3) is 1.64. The summed E-state index contributed by atoms with van der Waals surface area (Å²) >= 11 is 0. The highest BCUT2D eigenvalue weighted by Gasteiger charge is 2.26. The molecule has 9 heavy (non-hydrogen) atoms. The van der Waals surface area contributed by atoms with Gasteiger partial charge >= 0.3 is 0 Å². The summed E-state index contributed by atoms with van der Waals surface area (Å²) < 4.78 is 4.93. The summed E-state index contributed by atoms with van der Waals surface area (Å²) in [5.74, 6) is 0. The molecule has 1 heterocycles. The molecular weight excluding hydrogens is 120 g/mol. The predicted molar refractivity (Wildman–Crippen MR) is 31.8 cm³/mol. The van der Waals surface area contributed by atoms with Gasteiger partial charge in [0, 0.05) is 6.42 Å². The SMILES string of the molecule is C[C@H](O)C1CCC(O)O1. The topological polar surface area (TPSA) is 49.7 Å². The van der Waals surface area contributed by atoms with Crippen molar-refractivity contribution in [3.05, 3.63) is 0 Å². The van der Waals surface area contributed by atoms with Gasteiger partial charge < -0.3 is 14.9 Å². The van der Waals surface area contributed by atoms with Gasteiger partial charge in [-0.15, -0.1) is 0 Å². The van der Waals surface area contributed by atoms with Crippen LogP contribution in [-0.4, -0.2) is 28.7 Å². The van der Waals surface area contributed by atoms with Crippen molar-refractivity contribution in [2.45, 2.75) is 38.3 Å². The number of aliphatic hydroxyl groups excluding tert-OH is 2. The molecule has 0 aromatic rings. The van der Waals surface area contributed by atoms with Crippen LogP contribution < -0.4 is 0 Å². The Labute approximate surface area is 54.3 Å². The Morgan fingerprint density at radius 3 is 2.44 bits per heavy atom. The van der Waals surface area contributed by atoms with Crippen molar-refractivity contribution in [3.63, 3.8) is 0 Å². The second-order valence-corrected chi connectivity index (χ2v) is 2.45. The van der Waals surface area contributed by atoms with Crippen LogP contribution in [0.5, 0.6) is 0 Å². The maximum atomic E-state index is 8.93. The molecule has 1 fully saturated rings. The Hall–Kier alpha value is -0.120. The van der Waals surface area contributed by atoms with Gasteiger partial charge in [0.05, 0.1) is 12.2 Å². The molecule has 1 aliphatic heterocycles. The molecule has 0 aromatic carbocycles. The molecule has 0 amide bonds. The lowest BCUT2D eigenvalue weighted by atomic mass is 10.1. The normalized spacial score (nSPS) is 39.0. The van der Waals surface area contributed by atoms with Crippen molar-refractivity contribution < 1.29 is 14.9 Å². The number of aliphatic hydroxyl groups is 2. The molecular formula is C6H12O3. The van der Waals surface area contributed by atoms with Crippen LogP contribution in [-0.2, 0) is 4.74 Å². The first-order chi connectivity index (χ1) is 4.20. The van der Waals surface area contributed by atoms with E-state index in [-0.39, 0.29) is 6.10 Å². The second kappa shape index (κ2) is 2.64. The minimum Gasteiger partial charge on any atom is -0.391 e. The molecule has 0 bridgehead atoms. The fourth-order valence-electron chi connectivity index (χ4n) is 1.000. The maximum Gasteiger partial charge on any atom is 0.155 e. The zero-order valence-corrected chi connectivity index (χ0v) is 5.45. The zero-order valence-electron chi connectivity index (χ0n) is 5.45. The van der Waals surface area contributed by atoms with Crippen LogP contribution in [0.4, 0.5) is 0 Å². The van der Waals surface area contributed by atoms with Crippen molar-refractivity contribution in [1.29, 1.82) is 0 Å². The van der Waals surface area contributed by atoms with E-state index >= 15 is 0 Å². The van der Waals surface area contributed by atoms with Crippen molar-refractivity contribution in [2.75, 3.05) is 0 Å². The summed E-state index contributed by atoms with van der Waals surface area (Å²) in [6.07, 6.45) is 0.153. The number of hydrogen-bond acceptors (Lipinski definition) is 3. The van der Waals surface area contributed by atoms with Gasteiger partial charge in [-0.3, -0.25) is 0 Å². The third-order valence-corrected chi connectivity index (χ3v) is 1.57. The van der Waals surface area contributed by atoms with Crippen LogP contribution in [0, 0.1) is 0 Å². The van der Waals surface area contributed by atoms with Crippen molar-refractivity contribution in [3.8, 4) is 0 Å². The molecule has 0 aromatic heterocycles. The first kappa shape index (κ1) is 6.99. The Bertz CT molecular complexity index is 92.3. The molecule has 1 rings (SSSR count). The molecule has 3 heteroatoms. The molecule has 0 saturated carbocycles. The average molecular weight is 132 g/mol. The van der Waals surface area contributed by atoms with E-state index in [4.69, 9.17) is 14.9 Å². The molecule has 1 aliphatic rings. The lowest BCUT2D eigenvalue weighted by molar-refractivity contribution is -0.117. The number of hydrogen-bond donors (Lipinski definition) is 2. The molecule has 3 atom stereocenters. The largest absolute Gasteiger partial charge is 0.391 e. The molecule has 0 aliphatic carbocycles. The second-order valence-electron chi connectivity index (χ2n) is 2.45. The minimum absolute atomic E-state index is 0.153.